The highest BCUT2D eigenvalue weighted by atomic mass is 32.2. The lowest BCUT2D eigenvalue weighted by Crippen LogP contribution is -2.47. The van der Waals surface area contributed by atoms with Crippen LogP contribution in [0.4, 0.5) is 4.39 Å². The van der Waals surface area contributed by atoms with Crippen LogP contribution < -0.4 is 5.32 Å². The fraction of sp³-hybridized carbons (Fsp3) is 0.500. The Kier molecular flexibility index (Phi) is 5.88. The molecule has 28 heavy (non-hydrogen) atoms. The molecule has 1 atom stereocenters. The molecular weight excluding hydrogens is 381 g/mol. The Hall–Kier alpha value is -2.22. The van der Waals surface area contributed by atoms with Gasteiger partial charge in [-0.15, -0.1) is 4.40 Å². The van der Waals surface area contributed by atoms with Gasteiger partial charge in [-0.3, -0.25) is 4.79 Å². The van der Waals surface area contributed by atoms with E-state index in [0.29, 0.717) is 30.1 Å². The van der Waals surface area contributed by atoms with Crippen LogP contribution in [0.3, 0.4) is 0 Å². The highest BCUT2D eigenvalue weighted by Crippen LogP contribution is 2.34. The van der Waals surface area contributed by atoms with Gasteiger partial charge >= 0.3 is 0 Å². The van der Waals surface area contributed by atoms with E-state index in [1.54, 1.807) is 6.92 Å². The zero-order valence-corrected chi connectivity index (χ0v) is 17.2. The van der Waals surface area contributed by atoms with Crippen molar-refractivity contribution in [3.8, 4) is 0 Å². The monoisotopic (exact) mass is 407 g/mol. The van der Waals surface area contributed by atoms with E-state index in [2.05, 4.69) is 9.71 Å². The third-order valence-electron chi connectivity index (χ3n) is 5.45. The van der Waals surface area contributed by atoms with Crippen molar-refractivity contribution in [3.05, 3.63) is 41.2 Å². The van der Waals surface area contributed by atoms with Gasteiger partial charge in [-0.2, -0.15) is 8.42 Å². The summed E-state index contributed by atoms with van der Waals surface area (Å²) in [6.07, 6.45) is 2.27. The molecule has 6 nitrogen and oxygen atoms in total. The Morgan fingerprint density at radius 2 is 1.89 bits per heavy atom. The second kappa shape index (κ2) is 8.03. The number of piperidine rings is 1. The van der Waals surface area contributed by atoms with Gasteiger partial charge in [0.2, 0.25) is 5.91 Å². The van der Waals surface area contributed by atoms with Crippen LogP contribution in [-0.4, -0.2) is 44.2 Å². The predicted octanol–water partition coefficient (Wildman–Crippen LogP) is 2.93. The number of amides is 1. The van der Waals surface area contributed by atoms with E-state index < -0.39 is 15.8 Å². The average Bonchev–Trinajstić information content (AvgIpc) is 2.91. The van der Waals surface area contributed by atoms with Crippen molar-refractivity contribution >= 4 is 26.7 Å². The van der Waals surface area contributed by atoms with Crippen LogP contribution in [0, 0.1) is 11.7 Å². The molecule has 2 aliphatic rings. The zero-order valence-electron chi connectivity index (χ0n) is 16.4. The molecule has 1 N–H and O–H groups in total. The number of carbonyl (C=O) groups excluding carboxylic acids is 1. The summed E-state index contributed by atoms with van der Waals surface area (Å²) in [5.41, 5.74) is 1.02. The topological polar surface area (TPSA) is 78.8 Å². The molecule has 0 aromatic heterocycles. The van der Waals surface area contributed by atoms with Gasteiger partial charge in [0.1, 0.15) is 16.6 Å². The Labute approximate surface area is 165 Å². The number of rotatable bonds is 4. The number of hydrogen-bond acceptors (Lipinski definition) is 4. The lowest BCUT2D eigenvalue weighted by Gasteiger charge is -2.34. The normalized spacial score (nSPS) is 20.9. The first-order valence-corrected chi connectivity index (χ1v) is 11.0. The third-order valence-corrected chi connectivity index (χ3v) is 6.92. The van der Waals surface area contributed by atoms with Crippen LogP contribution >= 0.6 is 0 Å². The Morgan fingerprint density at radius 3 is 2.46 bits per heavy atom. The number of likely N-dealkylation sites (tertiary alicyclic amines) is 1. The van der Waals surface area contributed by atoms with E-state index >= 15 is 0 Å². The van der Waals surface area contributed by atoms with Crippen LogP contribution in [0.5, 0.6) is 0 Å². The number of nitrogens with zero attached hydrogens (tertiary/aromatic N) is 2. The molecule has 0 spiro atoms. The number of hydrogen-bond donors (Lipinski definition) is 1. The van der Waals surface area contributed by atoms with Crippen molar-refractivity contribution in [1.29, 1.82) is 0 Å². The number of carbonyl (C=O) groups is 1. The maximum Gasteiger partial charge on any atom is 0.285 e. The molecule has 1 amide bonds. The maximum absolute atomic E-state index is 13.2. The quantitative estimate of drug-likeness (QED) is 0.832. The number of amidine groups is 1. The van der Waals surface area contributed by atoms with Crippen molar-refractivity contribution < 1.29 is 17.6 Å². The first-order valence-electron chi connectivity index (χ1n) is 9.60. The predicted molar refractivity (Wildman–Crippen MR) is 108 cm³/mol. The molecule has 1 fully saturated rings. The molecule has 3 rings (SSSR count). The number of benzene rings is 1. The fourth-order valence-electron chi connectivity index (χ4n) is 3.55. The molecule has 152 valence electrons. The van der Waals surface area contributed by atoms with E-state index in [9.17, 15) is 17.6 Å². The first kappa shape index (κ1) is 20.5. The highest BCUT2D eigenvalue weighted by Gasteiger charge is 2.35. The summed E-state index contributed by atoms with van der Waals surface area (Å²) < 4.78 is 42.4. The van der Waals surface area contributed by atoms with Gasteiger partial charge in [-0.05, 0) is 43.9 Å². The smallest absolute Gasteiger partial charge is 0.285 e. The van der Waals surface area contributed by atoms with Crippen molar-refractivity contribution in [2.75, 3.05) is 13.1 Å². The molecule has 0 aliphatic carbocycles. The van der Waals surface area contributed by atoms with E-state index in [-0.39, 0.29) is 22.8 Å². The third kappa shape index (κ3) is 4.11. The molecule has 2 aliphatic heterocycles. The lowest BCUT2D eigenvalue weighted by atomic mass is 10.0. The van der Waals surface area contributed by atoms with Crippen LogP contribution in [0.1, 0.15) is 45.6 Å². The van der Waals surface area contributed by atoms with Gasteiger partial charge < -0.3 is 10.2 Å². The molecule has 1 aromatic rings. The number of nitrogens with one attached hydrogen (secondary N) is 1. The van der Waals surface area contributed by atoms with Crippen molar-refractivity contribution in [2.45, 2.75) is 46.1 Å². The van der Waals surface area contributed by atoms with E-state index in [4.69, 9.17) is 0 Å². The second-order valence-corrected chi connectivity index (χ2v) is 8.97. The summed E-state index contributed by atoms with van der Waals surface area (Å²) in [5.74, 6) is 0.0910. The molecule has 1 saturated heterocycles. The first-order chi connectivity index (χ1) is 13.2. The maximum atomic E-state index is 13.2. The van der Waals surface area contributed by atoms with Crippen LogP contribution in [0.15, 0.2) is 34.2 Å². The molecule has 0 saturated carbocycles. The van der Waals surface area contributed by atoms with Gasteiger partial charge in [0.05, 0.1) is 0 Å². The fourth-order valence-corrected chi connectivity index (χ4v) is 5.03. The molecule has 0 radical (unpaired) electrons. The van der Waals surface area contributed by atoms with Crippen LogP contribution in [-0.2, 0) is 14.8 Å². The SMILES string of the molecule is CCC(C)C(=O)NC1CCN(C2=NS(=O)(=O)C(c3ccc(F)cc3)=C2C)CC1. The van der Waals surface area contributed by atoms with Crippen molar-refractivity contribution in [2.24, 2.45) is 10.3 Å². The van der Waals surface area contributed by atoms with Crippen molar-refractivity contribution in [1.82, 2.24) is 10.2 Å². The molecule has 1 unspecified atom stereocenters. The Bertz CT molecular complexity index is 915. The summed E-state index contributed by atoms with van der Waals surface area (Å²) in [7, 11) is -3.81. The summed E-state index contributed by atoms with van der Waals surface area (Å²) >= 11 is 0. The summed E-state index contributed by atoms with van der Waals surface area (Å²) in [6.45, 7) is 6.87. The van der Waals surface area contributed by atoms with Crippen LogP contribution in [0.25, 0.3) is 4.91 Å². The Morgan fingerprint density at radius 1 is 1.29 bits per heavy atom. The molecule has 8 heteroatoms. The Balaban J connectivity index is 1.73. The zero-order chi connectivity index (χ0) is 20.5. The number of halogens is 1. The van der Waals surface area contributed by atoms with E-state index in [1.165, 1.54) is 24.3 Å². The largest absolute Gasteiger partial charge is 0.356 e. The molecule has 0 bridgehead atoms. The minimum atomic E-state index is -3.81. The lowest BCUT2D eigenvalue weighted by molar-refractivity contribution is -0.125. The van der Waals surface area contributed by atoms with Gasteiger partial charge in [-0.25, -0.2) is 4.39 Å². The molecule has 2 heterocycles. The minimum absolute atomic E-state index is 0.00850. The second-order valence-electron chi connectivity index (χ2n) is 7.43. The molecular formula is C20H26FN3O3S. The summed E-state index contributed by atoms with van der Waals surface area (Å²) in [6, 6.07) is 5.50. The van der Waals surface area contributed by atoms with Gasteiger partial charge in [0, 0.05) is 30.6 Å². The average molecular weight is 408 g/mol. The summed E-state index contributed by atoms with van der Waals surface area (Å²) in [4.78, 5) is 14.2. The van der Waals surface area contributed by atoms with Crippen molar-refractivity contribution in [3.63, 3.8) is 0 Å². The van der Waals surface area contributed by atoms with Gasteiger partial charge in [-0.1, -0.05) is 26.0 Å². The van der Waals surface area contributed by atoms with Crippen LogP contribution in [0.2, 0.25) is 0 Å². The number of sulfonamides is 1. The molecule has 1 aromatic carbocycles. The standard InChI is InChI=1S/C20H26FN3O3S/c1-4-13(2)20(25)22-17-9-11-24(12-10-17)19-14(3)18(28(26,27)23-19)15-5-7-16(21)8-6-15/h5-8,13,17H,4,9-12H2,1-3H3,(H,22,25). The summed E-state index contributed by atoms with van der Waals surface area (Å²) in [5, 5.41) is 3.08. The van der Waals surface area contributed by atoms with E-state index in [1.807, 2.05) is 18.7 Å². The minimum Gasteiger partial charge on any atom is -0.356 e. The van der Waals surface area contributed by atoms with Gasteiger partial charge in [0.15, 0.2) is 0 Å². The highest BCUT2D eigenvalue weighted by molar-refractivity contribution is 8.00. The van der Waals surface area contributed by atoms with Gasteiger partial charge in [0.25, 0.3) is 10.0 Å². The van der Waals surface area contributed by atoms with E-state index in [0.717, 1.165) is 19.3 Å².